The average molecular weight is 303 g/mol. The Bertz CT molecular complexity index is 704. The van der Waals surface area contributed by atoms with E-state index < -0.39 is 5.97 Å². The number of carbonyl (C=O) groups is 2. The summed E-state index contributed by atoms with van der Waals surface area (Å²) in [6, 6.07) is 7.10. The summed E-state index contributed by atoms with van der Waals surface area (Å²) >= 11 is 1.42. The van der Waals surface area contributed by atoms with E-state index in [0.717, 1.165) is 22.4 Å². The highest BCUT2D eigenvalue weighted by Crippen LogP contribution is 2.25. The van der Waals surface area contributed by atoms with Gasteiger partial charge >= 0.3 is 5.97 Å². The fourth-order valence-corrected chi connectivity index (χ4v) is 3.01. The molecule has 5 heteroatoms. The van der Waals surface area contributed by atoms with Crippen molar-refractivity contribution in [1.29, 1.82) is 0 Å². The molecule has 0 saturated heterocycles. The zero-order valence-corrected chi connectivity index (χ0v) is 13.0. The molecular formula is C16H17NO3S. The SMILES string of the molecule is CCc1ccc(C(=O)Nc2c(C)cc(C)cc2C(=O)O)s1. The van der Waals surface area contributed by atoms with Crippen LogP contribution in [0.15, 0.2) is 24.3 Å². The second-order valence-electron chi connectivity index (χ2n) is 4.88. The Morgan fingerprint density at radius 1 is 1.24 bits per heavy atom. The van der Waals surface area contributed by atoms with E-state index in [0.29, 0.717) is 10.6 Å². The van der Waals surface area contributed by atoms with E-state index in [9.17, 15) is 14.7 Å². The van der Waals surface area contributed by atoms with Crippen LogP contribution in [0.1, 0.15) is 43.0 Å². The minimum atomic E-state index is -1.04. The van der Waals surface area contributed by atoms with E-state index in [2.05, 4.69) is 5.32 Å². The number of aromatic carboxylic acids is 1. The molecule has 0 unspecified atom stereocenters. The summed E-state index contributed by atoms with van der Waals surface area (Å²) in [5.41, 5.74) is 2.08. The predicted molar refractivity (Wildman–Crippen MR) is 84.5 cm³/mol. The van der Waals surface area contributed by atoms with Crippen molar-refractivity contribution >= 4 is 28.9 Å². The van der Waals surface area contributed by atoms with Crippen molar-refractivity contribution in [2.24, 2.45) is 0 Å². The first kappa shape index (κ1) is 15.3. The summed E-state index contributed by atoms with van der Waals surface area (Å²) in [6.07, 6.45) is 0.877. The van der Waals surface area contributed by atoms with Gasteiger partial charge in [-0.3, -0.25) is 4.79 Å². The summed E-state index contributed by atoms with van der Waals surface area (Å²) in [5.74, 6) is -1.31. The number of anilines is 1. The highest BCUT2D eigenvalue weighted by molar-refractivity contribution is 7.14. The molecule has 0 aliphatic carbocycles. The van der Waals surface area contributed by atoms with Gasteiger partial charge in [-0.1, -0.05) is 13.0 Å². The van der Waals surface area contributed by atoms with Crippen molar-refractivity contribution in [2.75, 3.05) is 5.32 Å². The summed E-state index contributed by atoms with van der Waals surface area (Å²) in [7, 11) is 0. The molecule has 110 valence electrons. The molecule has 0 aliphatic heterocycles. The molecule has 0 radical (unpaired) electrons. The number of hydrogen-bond acceptors (Lipinski definition) is 3. The largest absolute Gasteiger partial charge is 0.478 e. The molecule has 1 aromatic heterocycles. The highest BCUT2D eigenvalue weighted by Gasteiger charge is 2.17. The van der Waals surface area contributed by atoms with Crippen LogP contribution in [0.3, 0.4) is 0 Å². The van der Waals surface area contributed by atoms with Crippen LogP contribution in [0.25, 0.3) is 0 Å². The Hall–Kier alpha value is -2.14. The van der Waals surface area contributed by atoms with Crippen LogP contribution in [0.2, 0.25) is 0 Å². The molecule has 0 aliphatic rings. The van der Waals surface area contributed by atoms with Gasteiger partial charge in [0.15, 0.2) is 0 Å². The topological polar surface area (TPSA) is 66.4 Å². The van der Waals surface area contributed by atoms with Gasteiger partial charge in [0.2, 0.25) is 0 Å². The molecule has 1 aromatic carbocycles. The normalized spacial score (nSPS) is 10.4. The van der Waals surface area contributed by atoms with Gasteiger partial charge in [0, 0.05) is 4.88 Å². The number of amides is 1. The van der Waals surface area contributed by atoms with Crippen molar-refractivity contribution in [2.45, 2.75) is 27.2 Å². The molecule has 0 spiro atoms. The number of aryl methyl sites for hydroxylation is 3. The predicted octanol–water partition coefficient (Wildman–Crippen LogP) is 3.88. The quantitative estimate of drug-likeness (QED) is 0.900. The van der Waals surface area contributed by atoms with Crippen LogP contribution >= 0.6 is 11.3 Å². The maximum Gasteiger partial charge on any atom is 0.337 e. The van der Waals surface area contributed by atoms with Crippen molar-refractivity contribution in [1.82, 2.24) is 0 Å². The van der Waals surface area contributed by atoms with Crippen LogP contribution in [-0.4, -0.2) is 17.0 Å². The van der Waals surface area contributed by atoms with E-state index >= 15 is 0 Å². The number of benzene rings is 1. The molecule has 1 heterocycles. The lowest BCUT2D eigenvalue weighted by molar-refractivity contribution is 0.0698. The molecule has 0 fully saturated rings. The first-order valence-corrected chi connectivity index (χ1v) is 7.48. The number of carboxylic acids is 1. The van der Waals surface area contributed by atoms with E-state index in [1.54, 1.807) is 19.1 Å². The van der Waals surface area contributed by atoms with Gasteiger partial charge in [-0.25, -0.2) is 4.79 Å². The first-order valence-electron chi connectivity index (χ1n) is 6.67. The Labute approximate surface area is 127 Å². The summed E-state index contributed by atoms with van der Waals surface area (Å²) in [4.78, 5) is 25.3. The van der Waals surface area contributed by atoms with Crippen LogP contribution in [0.5, 0.6) is 0 Å². The van der Waals surface area contributed by atoms with Crippen LogP contribution in [-0.2, 0) is 6.42 Å². The molecule has 4 nitrogen and oxygen atoms in total. The lowest BCUT2D eigenvalue weighted by Crippen LogP contribution is -2.15. The number of rotatable bonds is 4. The number of hydrogen-bond donors (Lipinski definition) is 2. The molecule has 0 saturated carbocycles. The van der Waals surface area contributed by atoms with E-state index in [-0.39, 0.29) is 11.5 Å². The molecule has 0 bridgehead atoms. The molecule has 21 heavy (non-hydrogen) atoms. The Kier molecular flexibility index (Phi) is 4.43. The van der Waals surface area contributed by atoms with Gasteiger partial charge in [0.1, 0.15) is 0 Å². The Morgan fingerprint density at radius 2 is 1.95 bits per heavy atom. The van der Waals surface area contributed by atoms with Crippen molar-refractivity contribution in [3.8, 4) is 0 Å². The van der Waals surface area contributed by atoms with Gasteiger partial charge in [-0.15, -0.1) is 11.3 Å². The van der Waals surface area contributed by atoms with Crippen molar-refractivity contribution in [3.05, 3.63) is 50.7 Å². The average Bonchev–Trinajstić information content (AvgIpc) is 2.90. The minimum Gasteiger partial charge on any atom is -0.478 e. The number of nitrogens with one attached hydrogen (secondary N) is 1. The molecule has 2 rings (SSSR count). The zero-order valence-electron chi connectivity index (χ0n) is 12.2. The fraction of sp³-hybridized carbons (Fsp3) is 0.250. The zero-order chi connectivity index (χ0) is 15.6. The second kappa shape index (κ2) is 6.10. The number of carbonyl (C=O) groups excluding carboxylic acids is 1. The minimum absolute atomic E-state index is 0.119. The van der Waals surface area contributed by atoms with Gasteiger partial charge in [0.25, 0.3) is 5.91 Å². The van der Waals surface area contributed by atoms with Crippen LogP contribution < -0.4 is 5.32 Å². The second-order valence-corrected chi connectivity index (χ2v) is 6.05. The van der Waals surface area contributed by atoms with Crippen LogP contribution in [0.4, 0.5) is 5.69 Å². The lowest BCUT2D eigenvalue weighted by atomic mass is 10.0. The first-order chi connectivity index (χ1) is 9.92. The fourth-order valence-electron chi connectivity index (χ4n) is 2.17. The van der Waals surface area contributed by atoms with Crippen molar-refractivity contribution < 1.29 is 14.7 Å². The molecule has 0 atom stereocenters. The lowest BCUT2D eigenvalue weighted by Gasteiger charge is -2.12. The standard InChI is InChI=1S/C16H17NO3S/c1-4-11-5-6-13(21-11)15(18)17-14-10(3)7-9(2)8-12(14)16(19)20/h5-8H,4H2,1-3H3,(H,17,18)(H,19,20). The van der Waals surface area contributed by atoms with E-state index in [1.165, 1.54) is 11.3 Å². The summed E-state index contributed by atoms with van der Waals surface area (Å²) in [6.45, 7) is 5.65. The smallest absolute Gasteiger partial charge is 0.337 e. The maximum atomic E-state index is 12.3. The van der Waals surface area contributed by atoms with Gasteiger partial charge in [-0.05, 0) is 49.6 Å². The summed E-state index contributed by atoms with van der Waals surface area (Å²) < 4.78 is 0. The van der Waals surface area contributed by atoms with Gasteiger partial charge in [0.05, 0.1) is 16.1 Å². The van der Waals surface area contributed by atoms with Gasteiger partial charge in [-0.2, -0.15) is 0 Å². The summed E-state index contributed by atoms with van der Waals surface area (Å²) in [5, 5.41) is 12.0. The third-order valence-corrected chi connectivity index (χ3v) is 4.41. The van der Waals surface area contributed by atoms with E-state index in [1.807, 2.05) is 26.0 Å². The van der Waals surface area contributed by atoms with Gasteiger partial charge < -0.3 is 10.4 Å². The molecule has 2 aromatic rings. The molecule has 2 N–H and O–H groups in total. The monoisotopic (exact) mass is 303 g/mol. The molecular weight excluding hydrogens is 286 g/mol. The van der Waals surface area contributed by atoms with Crippen LogP contribution in [0, 0.1) is 13.8 Å². The number of thiophene rings is 1. The van der Waals surface area contributed by atoms with Crippen molar-refractivity contribution in [3.63, 3.8) is 0 Å². The number of carboxylic acid groups (broad SMARTS) is 1. The van der Waals surface area contributed by atoms with E-state index in [4.69, 9.17) is 0 Å². The Balaban J connectivity index is 2.34. The Morgan fingerprint density at radius 3 is 2.52 bits per heavy atom. The maximum absolute atomic E-state index is 12.3. The highest BCUT2D eigenvalue weighted by atomic mass is 32.1. The third-order valence-electron chi connectivity index (χ3n) is 3.18. The molecule has 1 amide bonds. The third kappa shape index (κ3) is 3.31.